The molecule has 1 aliphatic heterocycles. The van der Waals surface area contributed by atoms with Gasteiger partial charge in [0.15, 0.2) is 6.29 Å². The summed E-state index contributed by atoms with van der Waals surface area (Å²) < 4.78 is 0. The van der Waals surface area contributed by atoms with Crippen molar-refractivity contribution in [1.82, 2.24) is 9.88 Å². The Labute approximate surface area is 146 Å². The first-order chi connectivity index (χ1) is 11.7. The van der Waals surface area contributed by atoms with Gasteiger partial charge < -0.3 is 4.98 Å². The number of aldehydes is 1. The maximum Gasteiger partial charge on any atom is 0.152 e. The van der Waals surface area contributed by atoms with E-state index in [0.717, 1.165) is 34.9 Å². The summed E-state index contributed by atoms with van der Waals surface area (Å²) in [6.07, 6.45) is 5.06. The fraction of sp³-hybridized carbons (Fsp3) is 0.250. The largest absolute Gasteiger partial charge is 0.360 e. The number of aromatic amines is 1. The van der Waals surface area contributed by atoms with E-state index in [4.69, 9.17) is 11.6 Å². The van der Waals surface area contributed by atoms with Crippen LogP contribution in [0.1, 0.15) is 34.8 Å². The fourth-order valence-corrected chi connectivity index (χ4v) is 3.97. The number of hydrogen-bond donors (Lipinski definition) is 1. The lowest BCUT2D eigenvalue weighted by atomic mass is 9.98. The lowest BCUT2D eigenvalue weighted by Crippen LogP contribution is -2.17. The molecule has 0 saturated carbocycles. The molecule has 4 heteroatoms. The van der Waals surface area contributed by atoms with Crippen LogP contribution in [0.5, 0.6) is 0 Å². The molecular formula is C20H19ClN2O. The second-order valence-corrected chi connectivity index (χ2v) is 6.91. The van der Waals surface area contributed by atoms with Crippen molar-refractivity contribution < 1.29 is 4.79 Å². The number of fused-ring (bicyclic) bond motifs is 1. The summed E-state index contributed by atoms with van der Waals surface area (Å²) in [5, 5.41) is 1.59. The number of carbonyl (C=O) groups is 1. The Morgan fingerprint density at radius 1 is 1.25 bits per heavy atom. The molecule has 4 rings (SSSR count). The first kappa shape index (κ1) is 15.4. The average molecular weight is 339 g/mol. The number of nitrogens with zero attached hydrogens (tertiary/aromatic N) is 1. The van der Waals surface area contributed by atoms with Crippen molar-refractivity contribution in [1.29, 1.82) is 0 Å². The third-order valence-electron chi connectivity index (χ3n) is 5.06. The molecule has 1 aliphatic rings. The van der Waals surface area contributed by atoms with Crippen LogP contribution in [0.2, 0.25) is 5.02 Å². The van der Waals surface area contributed by atoms with Crippen LogP contribution in [0.3, 0.4) is 0 Å². The maximum atomic E-state index is 11.2. The first-order valence-electron chi connectivity index (χ1n) is 8.24. The van der Waals surface area contributed by atoms with Gasteiger partial charge in [0.1, 0.15) is 0 Å². The first-order valence-corrected chi connectivity index (χ1v) is 8.61. The van der Waals surface area contributed by atoms with Gasteiger partial charge in [0.2, 0.25) is 0 Å². The molecule has 1 unspecified atom stereocenters. The highest BCUT2D eigenvalue weighted by Crippen LogP contribution is 2.35. The standard InChI is InChI=1S/C20H19ClN2O/c1-23-8-2-3-20(23)14-6-4-13(5-7-14)16-9-17-15(12-24)11-22-19(17)10-18(16)21/h4-7,9-12,20,22H,2-3,8H2,1H3. The summed E-state index contributed by atoms with van der Waals surface area (Å²) in [5.41, 5.74) is 4.93. The molecule has 0 amide bonds. The molecule has 24 heavy (non-hydrogen) atoms. The van der Waals surface area contributed by atoms with Gasteiger partial charge in [-0.05, 0) is 49.7 Å². The molecule has 1 N–H and O–H groups in total. The Morgan fingerprint density at radius 2 is 2.04 bits per heavy atom. The molecule has 0 aliphatic carbocycles. The highest BCUT2D eigenvalue weighted by Gasteiger charge is 2.22. The van der Waals surface area contributed by atoms with Crippen LogP contribution in [0.25, 0.3) is 22.0 Å². The van der Waals surface area contributed by atoms with E-state index in [1.54, 1.807) is 6.20 Å². The number of rotatable bonds is 3. The van der Waals surface area contributed by atoms with E-state index in [-0.39, 0.29) is 0 Å². The molecule has 1 saturated heterocycles. The van der Waals surface area contributed by atoms with Crippen molar-refractivity contribution >= 4 is 28.8 Å². The number of carbonyl (C=O) groups excluding carboxylic acids is 1. The van der Waals surface area contributed by atoms with E-state index in [2.05, 4.69) is 41.2 Å². The van der Waals surface area contributed by atoms with Gasteiger partial charge in [0, 0.05) is 34.3 Å². The number of H-pyrrole nitrogens is 1. The minimum atomic E-state index is 0.517. The van der Waals surface area contributed by atoms with Crippen LogP contribution in [0.4, 0.5) is 0 Å². The molecule has 122 valence electrons. The third-order valence-corrected chi connectivity index (χ3v) is 5.37. The van der Waals surface area contributed by atoms with Crippen LogP contribution >= 0.6 is 11.6 Å². The zero-order valence-electron chi connectivity index (χ0n) is 13.6. The molecule has 0 radical (unpaired) electrons. The zero-order chi connectivity index (χ0) is 16.7. The fourth-order valence-electron chi connectivity index (χ4n) is 3.70. The zero-order valence-corrected chi connectivity index (χ0v) is 14.3. The van der Waals surface area contributed by atoms with Crippen LogP contribution in [-0.2, 0) is 0 Å². The Kier molecular flexibility index (Phi) is 3.91. The van der Waals surface area contributed by atoms with Gasteiger partial charge in [-0.25, -0.2) is 0 Å². The van der Waals surface area contributed by atoms with Crippen LogP contribution in [0, 0.1) is 0 Å². The molecule has 1 fully saturated rings. The maximum absolute atomic E-state index is 11.2. The monoisotopic (exact) mass is 338 g/mol. The molecule has 0 bridgehead atoms. The van der Waals surface area contributed by atoms with E-state index < -0.39 is 0 Å². The van der Waals surface area contributed by atoms with Gasteiger partial charge in [0.25, 0.3) is 0 Å². The summed E-state index contributed by atoms with van der Waals surface area (Å²) in [4.78, 5) is 16.7. The van der Waals surface area contributed by atoms with E-state index in [9.17, 15) is 4.79 Å². The van der Waals surface area contributed by atoms with E-state index in [0.29, 0.717) is 16.6 Å². The van der Waals surface area contributed by atoms with Gasteiger partial charge in [-0.2, -0.15) is 0 Å². The number of likely N-dealkylation sites (tertiary alicyclic amines) is 1. The molecule has 2 heterocycles. The smallest absolute Gasteiger partial charge is 0.152 e. The Balaban J connectivity index is 1.74. The molecule has 0 spiro atoms. The highest BCUT2D eigenvalue weighted by molar-refractivity contribution is 6.34. The number of aromatic nitrogens is 1. The Morgan fingerprint density at radius 3 is 2.71 bits per heavy atom. The van der Waals surface area contributed by atoms with Gasteiger partial charge >= 0.3 is 0 Å². The van der Waals surface area contributed by atoms with E-state index >= 15 is 0 Å². The molecule has 1 atom stereocenters. The van der Waals surface area contributed by atoms with Crippen LogP contribution in [0.15, 0.2) is 42.6 Å². The lowest BCUT2D eigenvalue weighted by Gasteiger charge is -2.20. The van der Waals surface area contributed by atoms with Gasteiger partial charge in [-0.3, -0.25) is 9.69 Å². The lowest BCUT2D eigenvalue weighted by molar-refractivity contribution is 0.112. The van der Waals surface area contributed by atoms with Gasteiger partial charge in [0.05, 0.1) is 5.02 Å². The molecule has 1 aromatic heterocycles. The summed E-state index contributed by atoms with van der Waals surface area (Å²) in [7, 11) is 2.18. The summed E-state index contributed by atoms with van der Waals surface area (Å²) in [5.74, 6) is 0. The number of benzene rings is 2. The minimum Gasteiger partial charge on any atom is -0.360 e. The predicted octanol–water partition coefficient (Wildman–Crippen LogP) is 5.07. The molecule has 2 aromatic carbocycles. The number of nitrogens with one attached hydrogen (secondary N) is 1. The van der Waals surface area contributed by atoms with E-state index in [1.807, 2.05) is 12.1 Å². The van der Waals surface area contributed by atoms with Crippen molar-refractivity contribution in [3.05, 3.63) is 58.7 Å². The minimum absolute atomic E-state index is 0.517. The quantitative estimate of drug-likeness (QED) is 0.677. The topological polar surface area (TPSA) is 36.1 Å². The SMILES string of the molecule is CN1CCCC1c1ccc(-c2cc3c(C=O)c[nH]c3cc2Cl)cc1. The van der Waals surface area contributed by atoms with Crippen molar-refractivity contribution in [3.63, 3.8) is 0 Å². The summed E-state index contributed by atoms with van der Waals surface area (Å²) in [6, 6.07) is 13.0. The van der Waals surface area contributed by atoms with E-state index in [1.165, 1.54) is 18.4 Å². The normalized spacial score (nSPS) is 18.3. The van der Waals surface area contributed by atoms with Crippen molar-refractivity contribution in [3.8, 4) is 11.1 Å². The Hall–Kier alpha value is -2.10. The predicted molar refractivity (Wildman–Crippen MR) is 98.7 cm³/mol. The summed E-state index contributed by atoms with van der Waals surface area (Å²) in [6.45, 7) is 1.16. The second kappa shape index (κ2) is 6.08. The molecule has 3 aromatic rings. The van der Waals surface area contributed by atoms with Crippen molar-refractivity contribution in [2.45, 2.75) is 18.9 Å². The highest BCUT2D eigenvalue weighted by atomic mass is 35.5. The number of halogens is 1. The summed E-state index contributed by atoms with van der Waals surface area (Å²) >= 11 is 6.46. The average Bonchev–Trinajstić information content (AvgIpc) is 3.19. The third kappa shape index (κ3) is 2.54. The number of hydrogen-bond acceptors (Lipinski definition) is 2. The second-order valence-electron chi connectivity index (χ2n) is 6.50. The van der Waals surface area contributed by atoms with Crippen molar-refractivity contribution in [2.75, 3.05) is 13.6 Å². The van der Waals surface area contributed by atoms with Crippen LogP contribution < -0.4 is 0 Å². The Bertz CT molecular complexity index is 898. The molecule has 3 nitrogen and oxygen atoms in total. The van der Waals surface area contributed by atoms with Crippen LogP contribution in [-0.4, -0.2) is 29.8 Å². The van der Waals surface area contributed by atoms with Gasteiger partial charge in [-0.1, -0.05) is 35.9 Å². The van der Waals surface area contributed by atoms with Crippen molar-refractivity contribution in [2.24, 2.45) is 0 Å². The van der Waals surface area contributed by atoms with Gasteiger partial charge in [-0.15, -0.1) is 0 Å². The molecular weight excluding hydrogens is 320 g/mol.